The molecule has 0 atom stereocenters. The van der Waals surface area contributed by atoms with E-state index in [9.17, 15) is 0 Å². The number of hydrogen-bond acceptors (Lipinski definition) is 2. The van der Waals surface area contributed by atoms with Gasteiger partial charge in [0.05, 0.1) is 0 Å². The van der Waals surface area contributed by atoms with E-state index in [2.05, 4.69) is 11.4 Å². The molecule has 0 saturated heterocycles. The van der Waals surface area contributed by atoms with Gasteiger partial charge in [0.15, 0.2) is 0 Å². The number of aliphatic hydroxyl groups excluding tert-OH is 1. The molecule has 0 radical (unpaired) electrons. The van der Waals surface area contributed by atoms with Gasteiger partial charge in [-0.25, -0.2) is 0 Å². The first-order valence-corrected chi connectivity index (χ1v) is 6.74. The van der Waals surface area contributed by atoms with Crippen LogP contribution in [0.25, 0.3) is 0 Å². The summed E-state index contributed by atoms with van der Waals surface area (Å²) in [6.45, 7) is 1.23. The van der Waals surface area contributed by atoms with E-state index in [4.69, 9.17) is 16.7 Å². The summed E-state index contributed by atoms with van der Waals surface area (Å²) in [5.41, 5.74) is 1.24. The van der Waals surface area contributed by atoms with Crippen molar-refractivity contribution in [3.63, 3.8) is 0 Å². The second kappa shape index (κ2) is 6.39. The lowest BCUT2D eigenvalue weighted by Crippen LogP contribution is -2.33. The molecule has 1 saturated carbocycles. The largest absolute Gasteiger partial charge is 0.396 e. The number of rotatable bonds is 4. The zero-order valence-corrected chi connectivity index (χ0v) is 10.8. The average molecular weight is 254 g/mol. The molecule has 0 spiro atoms. The molecule has 2 rings (SSSR count). The van der Waals surface area contributed by atoms with Gasteiger partial charge in [-0.15, -0.1) is 0 Å². The highest BCUT2D eigenvalue weighted by molar-refractivity contribution is 6.30. The molecule has 1 aliphatic rings. The van der Waals surface area contributed by atoms with E-state index in [0.29, 0.717) is 18.6 Å². The maximum Gasteiger partial charge on any atom is 0.0459 e. The van der Waals surface area contributed by atoms with Crippen molar-refractivity contribution in [3.8, 4) is 0 Å². The summed E-state index contributed by atoms with van der Waals surface area (Å²) in [5, 5.41) is 13.4. The number of benzene rings is 1. The van der Waals surface area contributed by atoms with Gasteiger partial charge < -0.3 is 10.4 Å². The lowest BCUT2D eigenvalue weighted by molar-refractivity contribution is 0.175. The molecule has 0 aliphatic heterocycles. The molecule has 94 valence electrons. The van der Waals surface area contributed by atoms with E-state index in [1.165, 1.54) is 18.4 Å². The Balaban J connectivity index is 1.76. The topological polar surface area (TPSA) is 32.3 Å². The Kier molecular flexibility index (Phi) is 4.84. The van der Waals surface area contributed by atoms with Crippen molar-refractivity contribution in [2.24, 2.45) is 5.92 Å². The second-order valence-electron chi connectivity index (χ2n) is 4.91. The number of halogens is 1. The predicted octanol–water partition coefficient (Wildman–Crippen LogP) is 2.98. The van der Waals surface area contributed by atoms with Crippen molar-refractivity contribution in [1.82, 2.24) is 5.32 Å². The van der Waals surface area contributed by atoms with Crippen LogP contribution in [0.2, 0.25) is 5.02 Å². The minimum Gasteiger partial charge on any atom is -0.396 e. The van der Waals surface area contributed by atoms with Crippen LogP contribution in [0.1, 0.15) is 31.2 Å². The van der Waals surface area contributed by atoms with Gasteiger partial charge in [0.25, 0.3) is 0 Å². The van der Waals surface area contributed by atoms with E-state index in [1.807, 2.05) is 18.2 Å². The fourth-order valence-corrected chi connectivity index (χ4v) is 2.67. The summed E-state index contributed by atoms with van der Waals surface area (Å²) < 4.78 is 0. The molecule has 1 fully saturated rings. The number of aliphatic hydroxyl groups is 1. The van der Waals surface area contributed by atoms with Crippen molar-refractivity contribution < 1.29 is 5.11 Å². The zero-order valence-electron chi connectivity index (χ0n) is 10.0. The quantitative estimate of drug-likeness (QED) is 0.865. The lowest BCUT2D eigenvalue weighted by atomic mass is 9.86. The van der Waals surface area contributed by atoms with Gasteiger partial charge in [-0.1, -0.05) is 23.7 Å². The third kappa shape index (κ3) is 3.98. The first-order chi connectivity index (χ1) is 8.28. The predicted molar refractivity (Wildman–Crippen MR) is 71.1 cm³/mol. The Morgan fingerprint density at radius 3 is 2.65 bits per heavy atom. The Morgan fingerprint density at radius 2 is 2.00 bits per heavy atom. The maximum absolute atomic E-state index is 9.08. The van der Waals surface area contributed by atoms with Crippen LogP contribution in [-0.2, 0) is 6.54 Å². The summed E-state index contributed by atoms with van der Waals surface area (Å²) in [6.07, 6.45) is 4.63. The van der Waals surface area contributed by atoms with Gasteiger partial charge in [-0.05, 0) is 49.3 Å². The van der Waals surface area contributed by atoms with Gasteiger partial charge in [0.1, 0.15) is 0 Å². The Morgan fingerprint density at radius 1 is 1.24 bits per heavy atom. The molecular formula is C14H20ClNO. The van der Waals surface area contributed by atoms with Crippen molar-refractivity contribution in [2.45, 2.75) is 38.3 Å². The number of hydrogen-bond donors (Lipinski definition) is 2. The van der Waals surface area contributed by atoms with Crippen molar-refractivity contribution in [1.29, 1.82) is 0 Å². The summed E-state index contributed by atoms with van der Waals surface area (Å²) in [4.78, 5) is 0. The Labute approximate surface area is 108 Å². The van der Waals surface area contributed by atoms with Gasteiger partial charge in [0.2, 0.25) is 0 Å². The van der Waals surface area contributed by atoms with E-state index in [-0.39, 0.29) is 0 Å². The molecule has 1 aromatic carbocycles. The molecule has 2 nitrogen and oxygen atoms in total. The third-order valence-corrected chi connectivity index (χ3v) is 3.82. The summed E-state index contributed by atoms with van der Waals surface area (Å²) >= 11 is 5.95. The molecule has 2 N–H and O–H groups in total. The summed E-state index contributed by atoms with van der Waals surface area (Å²) in [6, 6.07) is 8.59. The standard InChI is InChI=1S/C14H20ClNO/c15-13-3-1-2-12(8-13)9-16-14-6-4-11(10-17)5-7-14/h1-3,8,11,14,16-17H,4-7,9-10H2. The van der Waals surface area contributed by atoms with E-state index in [1.54, 1.807) is 0 Å². The van der Waals surface area contributed by atoms with Gasteiger partial charge in [-0.2, -0.15) is 0 Å². The number of nitrogens with one attached hydrogen (secondary N) is 1. The molecule has 0 unspecified atom stereocenters. The maximum atomic E-state index is 9.08. The normalized spacial score (nSPS) is 24.8. The minimum absolute atomic E-state index is 0.348. The molecule has 3 heteroatoms. The molecular weight excluding hydrogens is 234 g/mol. The van der Waals surface area contributed by atoms with Crippen LogP contribution in [-0.4, -0.2) is 17.8 Å². The van der Waals surface area contributed by atoms with Crippen LogP contribution in [0, 0.1) is 5.92 Å². The van der Waals surface area contributed by atoms with Crippen molar-refractivity contribution >= 4 is 11.6 Å². The van der Waals surface area contributed by atoms with Gasteiger partial charge >= 0.3 is 0 Å². The fourth-order valence-electron chi connectivity index (χ4n) is 2.46. The molecule has 0 heterocycles. The van der Waals surface area contributed by atoms with Crippen LogP contribution < -0.4 is 5.32 Å². The first kappa shape index (κ1) is 12.9. The third-order valence-electron chi connectivity index (χ3n) is 3.59. The minimum atomic E-state index is 0.348. The highest BCUT2D eigenvalue weighted by Crippen LogP contribution is 2.24. The molecule has 0 aromatic heterocycles. The van der Waals surface area contributed by atoms with Crippen LogP contribution in [0.4, 0.5) is 0 Å². The monoisotopic (exact) mass is 253 g/mol. The smallest absolute Gasteiger partial charge is 0.0459 e. The molecule has 0 amide bonds. The molecule has 17 heavy (non-hydrogen) atoms. The average Bonchev–Trinajstić information content (AvgIpc) is 2.37. The molecule has 1 aliphatic carbocycles. The summed E-state index contributed by atoms with van der Waals surface area (Å²) in [7, 11) is 0. The molecule has 0 bridgehead atoms. The lowest BCUT2D eigenvalue weighted by Gasteiger charge is -2.28. The van der Waals surface area contributed by atoms with Crippen LogP contribution in [0.5, 0.6) is 0 Å². The zero-order chi connectivity index (χ0) is 12.1. The van der Waals surface area contributed by atoms with Crippen molar-refractivity contribution in [3.05, 3.63) is 34.9 Å². The van der Waals surface area contributed by atoms with Crippen molar-refractivity contribution in [2.75, 3.05) is 6.61 Å². The van der Waals surface area contributed by atoms with Crippen LogP contribution >= 0.6 is 11.6 Å². The highest BCUT2D eigenvalue weighted by atomic mass is 35.5. The summed E-state index contributed by atoms with van der Waals surface area (Å²) in [5.74, 6) is 0.527. The first-order valence-electron chi connectivity index (χ1n) is 6.36. The van der Waals surface area contributed by atoms with E-state index >= 15 is 0 Å². The Hall–Kier alpha value is -0.570. The van der Waals surface area contributed by atoms with Gasteiger partial charge in [0, 0.05) is 24.2 Å². The van der Waals surface area contributed by atoms with Gasteiger partial charge in [-0.3, -0.25) is 0 Å². The van der Waals surface area contributed by atoms with Crippen LogP contribution in [0.3, 0.4) is 0 Å². The molecule has 1 aromatic rings. The van der Waals surface area contributed by atoms with Crippen LogP contribution in [0.15, 0.2) is 24.3 Å². The SMILES string of the molecule is OCC1CCC(NCc2cccc(Cl)c2)CC1. The fraction of sp³-hybridized carbons (Fsp3) is 0.571. The van der Waals surface area contributed by atoms with E-state index in [0.717, 1.165) is 24.4 Å². The second-order valence-corrected chi connectivity index (χ2v) is 5.35. The van der Waals surface area contributed by atoms with E-state index < -0.39 is 0 Å². The highest BCUT2D eigenvalue weighted by Gasteiger charge is 2.19. The Bertz CT molecular complexity index is 348.